The van der Waals surface area contributed by atoms with Crippen molar-refractivity contribution in [2.75, 3.05) is 6.54 Å². The molecule has 20 heavy (non-hydrogen) atoms. The molecule has 6 nitrogen and oxygen atoms in total. The van der Waals surface area contributed by atoms with E-state index in [0.29, 0.717) is 25.8 Å². The van der Waals surface area contributed by atoms with Gasteiger partial charge in [-0.15, -0.1) is 0 Å². The van der Waals surface area contributed by atoms with Gasteiger partial charge in [0, 0.05) is 6.54 Å². The Labute approximate surface area is 118 Å². The number of carboxylic acids is 1. The van der Waals surface area contributed by atoms with Gasteiger partial charge in [0.2, 0.25) is 11.8 Å². The average Bonchev–Trinajstić information content (AvgIpc) is 2.80. The Kier molecular flexibility index (Phi) is 4.30. The fourth-order valence-electron chi connectivity index (χ4n) is 3.54. The lowest BCUT2D eigenvalue weighted by atomic mass is 9.92. The Bertz CT molecular complexity index is 403. The van der Waals surface area contributed by atoms with Crippen molar-refractivity contribution in [3.8, 4) is 0 Å². The quantitative estimate of drug-likeness (QED) is 0.791. The molecule has 3 N–H and O–H groups in total. The van der Waals surface area contributed by atoms with E-state index in [9.17, 15) is 19.5 Å². The highest BCUT2D eigenvalue weighted by molar-refractivity contribution is 5.90. The van der Waals surface area contributed by atoms with E-state index in [1.165, 1.54) is 4.90 Å². The molecule has 1 aliphatic carbocycles. The predicted octanol–water partition coefficient (Wildman–Crippen LogP) is 0.600. The number of nitrogens with zero attached hydrogens (tertiary/aromatic N) is 1. The zero-order chi connectivity index (χ0) is 14.9. The van der Waals surface area contributed by atoms with Crippen LogP contribution >= 0.6 is 0 Å². The second kappa shape index (κ2) is 5.81. The maximum absolute atomic E-state index is 12.6. The molecule has 2 aliphatic rings. The van der Waals surface area contributed by atoms with Gasteiger partial charge in [-0.3, -0.25) is 14.4 Å². The molecule has 1 saturated carbocycles. The minimum Gasteiger partial charge on any atom is -0.481 e. The van der Waals surface area contributed by atoms with Crippen molar-refractivity contribution >= 4 is 17.8 Å². The highest BCUT2D eigenvalue weighted by Gasteiger charge is 2.44. The number of likely N-dealkylation sites (tertiary alicyclic amines) is 1. The number of nitrogens with two attached hydrogens (primary N) is 1. The lowest BCUT2D eigenvalue weighted by Crippen LogP contribution is -2.53. The lowest BCUT2D eigenvalue weighted by molar-refractivity contribution is -0.152. The maximum atomic E-state index is 12.6. The Morgan fingerprint density at radius 2 is 1.80 bits per heavy atom. The number of amides is 2. The van der Waals surface area contributed by atoms with Crippen molar-refractivity contribution in [1.29, 1.82) is 0 Å². The number of hydrogen-bond donors (Lipinski definition) is 2. The molecule has 112 valence electrons. The zero-order valence-corrected chi connectivity index (χ0v) is 11.7. The third kappa shape index (κ3) is 2.78. The average molecular weight is 282 g/mol. The summed E-state index contributed by atoms with van der Waals surface area (Å²) in [5.74, 6) is -2.53. The fourth-order valence-corrected chi connectivity index (χ4v) is 3.54. The van der Waals surface area contributed by atoms with Crippen LogP contribution in [0, 0.1) is 17.8 Å². The van der Waals surface area contributed by atoms with Crippen LogP contribution in [0.3, 0.4) is 0 Å². The molecule has 0 bridgehead atoms. The number of hydrogen-bond acceptors (Lipinski definition) is 3. The Balaban J connectivity index is 2.16. The van der Waals surface area contributed by atoms with Crippen LogP contribution in [0.1, 0.15) is 39.0 Å². The van der Waals surface area contributed by atoms with Crippen molar-refractivity contribution in [2.24, 2.45) is 23.5 Å². The molecule has 2 rings (SSSR count). The van der Waals surface area contributed by atoms with Gasteiger partial charge in [0.1, 0.15) is 6.04 Å². The second-order valence-electron chi connectivity index (χ2n) is 6.07. The minimum atomic E-state index is -0.916. The molecular formula is C14H22N2O4. The maximum Gasteiger partial charge on any atom is 0.307 e. The topological polar surface area (TPSA) is 101 Å². The van der Waals surface area contributed by atoms with Crippen LogP contribution in [0.25, 0.3) is 0 Å². The second-order valence-corrected chi connectivity index (χ2v) is 6.07. The van der Waals surface area contributed by atoms with Crippen LogP contribution in [-0.4, -0.2) is 40.4 Å². The molecule has 2 amide bonds. The molecule has 1 saturated heterocycles. The summed E-state index contributed by atoms with van der Waals surface area (Å²) in [5.41, 5.74) is 5.37. The highest BCUT2D eigenvalue weighted by atomic mass is 16.4. The van der Waals surface area contributed by atoms with E-state index in [1.807, 2.05) is 6.92 Å². The summed E-state index contributed by atoms with van der Waals surface area (Å²) in [5, 5.41) is 9.26. The molecule has 2 fully saturated rings. The monoisotopic (exact) mass is 282 g/mol. The number of piperidine rings is 1. The van der Waals surface area contributed by atoms with Crippen molar-refractivity contribution in [2.45, 2.75) is 45.1 Å². The van der Waals surface area contributed by atoms with Crippen LogP contribution in [-0.2, 0) is 14.4 Å². The predicted molar refractivity (Wildman–Crippen MR) is 71.6 cm³/mol. The van der Waals surface area contributed by atoms with Gasteiger partial charge in [0.05, 0.1) is 11.8 Å². The summed E-state index contributed by atoms with van der Waals surface area (Å²) < 4.78 is 0. The molecule has 1 aliphatic heterocycles. The molecule has 0 aromatic heterocycles. The molecule has 0 aromatic rings. The Morgan fingerprint density at radius 1 is 1.15 bits per heavy atom. The van der Waals surface area contributed by atoms with Gasteiger partial charge in [-0.05, 0) is 38.0 Å². The van der Waals surface area contributed by atoms with Crippen molar-refractivity contribution in [3.63, 3.8) is 0 Å². The van der Waals surface area contributed by atoms with Crippen LogP contribution in [0.15, 0.2) is 0 Å². The number of rotatable bonds is 3. The number of aliphatic carboxylic acids is 1. The molecule has 4 atom stereocenters. The SMILES string of the molecule is CC1CC(C(=O)O)C(C(=O)N2CCCCC2C(N)=O)C1. The van der Waals surface area contributed by atoms with Crippen molar-refractivity contribution in [3.05, 3.63) is 0 Å². The molecular weight excluding hydrogens is 260 g/mol. The number of carbonyl (C=O) groups excluding carboxylic acids is 2. The molecule has 1 heterocycles. The molecule has 6 heteroatoms. The third-order valence-corrected chi connectivity index (χ3v) is 4.55. The highest BCUT2D eigenvalue weighted by Crippen LogP contribution is 2.38. The summed E-state index contributed by atoms with van der Waals surface area (Å²) >= 11 is 0. The third-order valence-electron chi connectivity index (χ3n) is 4.55. The van der Waals surface area contributed by atoms with Crippen LogP contribution < -0.4 is 5.73 Å². The van der Waals surface area contributed by atoms with Crippen LogP contribution in [0.2, 0.25) is 0 Å². The number of carbonyl (C=O) groups is 3. The van der Waals surface area contributed by atoms with Gasteiger partial charge in [0.15, 0.2) is 0 Å². The lowest BCUT2D eigenvalue weighted by Gasteiger charge is -2.36. The van der Waals surface area contributed by atoms with E-state index in [0.717, 1.165) is 12.8 Å². The molecule has 0 radical (unpaired) electrons. The first kappa shape index (κ1) is 14.8. The van der Waals surface area contributed by atoms with Crippen LogP contribution in [0.4, 0.5) is 0 Å². The van der Waals surface area contributed by atoms with Gasteiger partial charge >= 0.3 is 5.97 Å². The summed E-state index contributed by atoms with van der Waals surface area (Å²) in [7, 11) is 0. The summed E-state index contributed by atoms with van der Waals surface area (Å²) in [4.78, 5) is 36.9. The van der Waals surface area contributed by atoms with Crippen molar-refractivity contribution < 1.29 is 19.5 Å². The Hall–Kier alpha value is -1.59. The normalized spacial score (nSPS) is 34.0. The minimum absolute atomic E-state index is 0.203. The number of primary amides is 1. The van der Waals surface area contributed by atoms with Gasteiger partial charge in [0.25, 0.3) is 0 Å². The molecule has 4 unspecified atom stereocenters. The Morgan fingerprint density at radius 3 is 2.40 bits per heavy atom. The summed E-state index contributed by atoms with van der Waals surface area (Å²) in [6.07, 6.45) is 3.41. The van der Waals surface area contributed by atoms with Gasteiger partial charge < -0.3 is 15.7 Å². The van der Waals surface area contributed by atoms with E-state index in [1.54, 1.807) is 0 Å². The summed E-state index contributed by atoms with van der Waals surface area (Å²) in [6.45, 7) is 2.47. The smallest absolute Gasteiger partial charge is 0.307 e. The first-order valence-corrected chi connectivity index (χ1v) is 7.24. The standard InChI is InChI=1S/C14H22N2O4/c1-8-6-9(10(7-8)14(19)20)13(18)16-5-3-2-4-11(16)12(15)17/h8-11H,2-7H2,1H3,(H2,15,17)(H,19,20). The zero-order valence-electron chi connectivity index (χ0n) is 11.7. The fraction of sp³-hybridized carbons (Fsp3) is 0.786. The van der Waals surface area contributed by atoms with Gasteiger partial charge in [-0.1, -0.05) is 6.92 Å². The van der Waals surface area contributed by atoms with E-state index in [-0.39, 0.29) is 11.8 Å². The largest absolute Gasteiger partial charge is 0.481 e. The van der Waals surface area contributed by atoms with E-state index in [2.05, 4.69) is 0 Å². The first-order valence-electron chi connectivity index (χ1n) is 7.24. The van der Waals surface area contributed by atoms with E-state index < -0.39 is 29.8 Å². The summed E-state index contributed by atoms with van der Waals surface area (Å²) in [6, 6.07) is -0.568. The molecule has 0 spiro atoms. The van der Waals surface area contributed by atoms with Gasteiger partial charge in [-0.2, -0.15) is 0 Å². The van der Waals surface area contributed by atoms with E-state index >= 15 is 0 Å². The first-order chi connectivity index (χ1) is 9.41. The van der Waals surface area contributed by atoms with Crippen molar-refractivity contribution in [1.82, 2.24) is 4.90 Å². The number of carboxylic acid groups (broad SMARTS) is 1. The van der Waals surface area contributed by atoms with Crippen LogP contribution in [0.5, 0.6) is 0 Å². The van der Waals surface area contributed by atoms with Gasteiger partial charge in [-0.25, -0.2) is 0 Å². The molecule has 0 aromatic carbocycles. The van der Waals surface area contributed by atoms with E-state index in [4.69, 9.17) is 5.73 Å².